The number of hydrogen-bond acceptors (Lipinski definition) is 1. The van der Waals surface area contributed by atoms with Crippen molar-refractivity contribution >= 4 is 5.78 Å². The van der Waals surface area contributed by atoms with Crippen LogP contribution in [-0.2, 0) is 0 Å². The van der Waals surface area contributed by atoms with Crippen LogP contribution in [0.25, 0.3) is 0 Å². The van der Waals surface area contributed by atoms with Gasteiger partial charge in [0.2, 0.25) is 0 Å². The predicted molar refractivity (Wildman–Crippen MR) is 54.1 cm³/mol. The van der Waals surface area contributed by atoms with Gasteiger partial charge in [0.15, 0.2) is 5.78 Å². The molecule has 0 aromatic carbocycles. The van der Waals surface area contributed by atoms with Crippen LogP contribution in [0.4, 0.5) is 0 Å². The van der Waals surface area contributed by atoms with E-state index in [0.717, 1.165) is 29.7 Å². The highest BCUT2D eigenvalue weighted by atomic mass is 16.1. The lowest BCUT2D eigenvalue weighted by Crippen LogP contribution is -1.98. The highest BCUT2D eigenvalue weighted by Gasteiger charge is 2.10. The minimum atomic E-state index is 0.267. The van der Waals surface area contributed by atoms with Gasteiger partial charge in [-0.15, -0.1) is 0 Å². The molecule has 1 rings (SSSR count). The Kier molecular flexibility index (Phi) is 3.29. The molecule has 0 atom stereocenters. The standard InChI is InChI=1S/C11H17NO/c1-4-5-6-11(13)10-7-12-9(3)8(10)2/h7,12H,4-6H2,1-3H3. The molecule has 0 spiro atoms. The van der Waals surface area contributed by atoms with Gasteiger partial charge in [-0.05, 0) is 25.8 Å². The normalized spacial score (nSPS) is 10.4. The van der Waals surface area contributed by atoms with Gasteiger partial charge in [-0.25, -0.2) is 0 Å². The topological polar surface area (TPSA) is 32.9 Å². The third kappa shape index (κ3) is 2.20. The highest BCUT2D eigenvalue weighted by Crippen LogP contribution is 2.14. The number of aryl methyl sites for hydroxylation is 1. The molecule has 1 aromatic rings. The van der Waals surface area contributed by atoms with Crippen molar-refractivity contribution in [3.63, 3.8) is 0 Å². The van der Waals surface area contributed by atoms with Gasteiger partial charge in [0, 0.05) is 23.9 Å². The number of unbranched alkanes of at least 4 members (excludes halogenated alkanes) is 1. The highest BCUT2D eigenvalue weighted by molar-refractivity contribution is 5.97. The Hall–Kier alpha value is -1.05. The second-order valence-corrected chi connectivity index (χ2v) is 3.48. The number of aromatic nitrogens is 1. The maximum absolute atomic E-state index is 11.6. The Labute approximate surface area is 79.4 Å². The Morgan fingerprint density at radius 2 is 2.15 bits per heavy atom. The summed E-state index contributed by atoms with van der Waals surface area (Å²) in [6.45, 7) is 6.08. The summed E-state index contributed by atoms with van der Waals surface area (Å²) in [5.74, 6) is 0.267. The zero-order chi connectivity index (χ0) is 9.84. The lowest BCUT2D eigenvalue weighted by Gasteiger charge is -1.98. The second kappa shape index (κ2) is 4.26. The van der Waals surface area contributed by atoms with Crippen LogP contribution in [-0.4, -0.2) is 10.8 Å². The van der Waals surface area contributed by atoms with Crippen molar-refractivity contribution in [2.45, 2.75) is 40.0 Å². The van der Waals surface area contributed by atoms with Crippen molar-refractivity contribution in [1.29, 1.82) is 0 Å². The molecule has 13 heavy (non-hydrogen) atoms. The van der Waals surface area contributed by atoms with Crippen LogP contribution in [0, 0.1) is 13.8 Å². The SMILES string of the molecule is CCCCC(=O)c1c[nH]c(C)c1C. The molecule has 2 heteroatoms. The van der Waals surface area contributed by atoms with E-state index in [4.69, 9.17) is 0 Å². The summed E-state index contributed by atoms with van der Waals surface area (Å²) in [4.78, 5) is 14.7. The summed E-state index contributed by atoms with van der Waals surface area (Å²) < 4.78 is 0. The van der Waals surface area contributed by atoms with Crippen molar-refractivity contribution in [3.8, 4) is 0 Å². The zero-order valence-electron chi connectivity index (χ0n) is 8.61. The fraction of sp³-hybridized carbons (Fsp3) is 0.545. The minimum absolute atomic E-state index is 0.267. The van der Waals surface area contributed by atoms with E-state index in [0.29, 0.717) is 6.42 Å². The molecule has 0 saturated carbocycles. The first-order valence-corrected chi connectivity index (χ1v) is 4.84. The monoisotopic (exact) mass is 179 g/mol. The Morgan fingerprint density at radius 1 is 1.46 bits per heavy atom. The number of ketones is 1. The number of carbonyl (C=O) groups is 1. The fourth-order valence-corrected chi connectivity index (χ4v) is 1.36. The van der Waals surface area contributed by atoms with Gasteiger partial charge >= 0.3 is 0 Å². The van der Waals surface area contributed by atoms with Crippen molar-refractivity contribution in [2.75, 3.05) is 0 Å². The van der Waals surface area contributed by atoms with Gasteiger partial charge in [0.1, 0.15) is 0 Å². The van der Waals surface area contributed by atoms with E-state index >= 15 is 0 Å². The molecule has 0 bridgehead atoms. The molecule has 0 aliphatic carbocycles. The van der Waals surface area contributed by atoms with E-state index in [1.165, 1.54) is 0 Å². The Bertz CT molecular complexity index is 299. The summed E-state index contributed by atoms with van der Waals surface area (Å²) in [5.41, 5.74) is 3.06. The van der Waals surface area contributed by atoms with Gasteiger partial charge in [-0.1, -0.05) is 13.3 Å². The largest absolute Gasteiger partial charge is 0.364 e. The number of H-pyrrole nitrogens is 1. The smallest absolute Gasteiger partial charge is 0.164 e. The first-order chi connectivity index (χ1) is 6.16. The van der Waals surface area contributed by atoms with E-state index in [-0.39, 0.29) is 5.78 Å². The zero-order valence-corrected chi connectivity index (χ0v) is 8.61. The molecular weight excluding hydrogens is 162 g/mol. The van der Waals surface area contributed by atoms with E-state index in [9.17, 15) is 4.79 Å². The summed E-state index contributed by atoms with van der Waals surface area (Å²) in [7, 11) is 0. The van der Waals surface area contributed by atoms with Crippen molar-refractivity contribution < 1.29 is 4.79 Å². The predicted octanol–water partition coefficient (Wildman–Crippen LogP) is 3.00. The van der Waals surface area contributed by atoms with Crippen LogP contribution in [0.5, 0.6) is 0 Å². The molecular formula is C11H17NO. The van der Waals surface area contributed by atoms with E-state index in [1.807, 2.05) is 20.0 Å². The fourth-order valence-electron chi connectivity index (χ4n) is 1.36. The molecule has 1 aromatic heterocycles. The number of nitrogens with one attached hydrogen (secondary N) is 1. The molecule has 2 nitrogen and oxygen atoms in total. The van der Waals surface area contributed by atoms with E-state index in [1.54, 1.807) is 0 Å². The molecule has 0 saturated heterocycles. The number of carbonyl (C=O) groups excluding carboxylic acids is 1. The van der Waals surface area contributed by atoms with Crippen LogP contribution in [0.2, 0.25) is 0 Å². The molecule has 0 radical (unpaired) electrons. The molecule has 0 aliphatic heterocycles. The minimum Gasteiger partial charge on any atom is -0.364 e. The van der Waals surface area contributed by atoms with Gasteiger partial charge in [0.05, 0.1) is 0 Å². The summed E-state index contributed by atoms with van der Waals surface area (Å²) in [6.07, 6.45) is 4.56. The van der Waals surface area contributed by atoms with Gasteiger partial charge in [-0.3, -0.25) is 4.79 Å². The Morgan fingerprint density at radius 3 is 2.62 bits per heavy atom. The molecule has 1 heterocycles. The van der Waals surface area contributed by atoms with E-state index < -0.39 is 0 Å². The summed E-state index contributed by atoms with van der Waals surface area (Å²) in [6, 6.07) is 0. The van der Waals surface area contributed by atoms with Crippen molar-refractivity contribution in [1.82, 2.24) is 4.98 Å². The van der Waals surface area contributed by atoms with Gasteiger partial charge in [-0.2, -0.15) is 0 Å². The number of hydrogen-bond donors (Lipinski definition) is 1. The van der Waals surface area contributed by atoms with Gasteiger partial charge in [0.25, 0.3) is 0 Å². The maximum atomic E-state index is 11.6. The summed E-state index contributed by atoms with van der Waals surface area (Å²) >= 11 is 0. The lowest BCUT2D eigenvalue weighted by atomic mass is 10.0. The first kappa shape index (κ1) is 10.0. The molecule has 0 fully saturated rings. The molecule has 1 N–H and O–H groups in total. The Balaban J connectivity index is 2.71. The average molecular weight is 179 g/mol. The molecule has 72 valence electrons. The quantitative estimate of drug-likeness (QED) is 0.708. The molecule has 0 unspecified atom stereocenters. The second-order valence-electron chi connectivity index (χ2n) is 3.48. The first-order valence-electron chi connectivity index (χ1n) is 4.84. The lowest BCUT2D eigenvalue weighted by molar-refractivity contribution is 0.0979. The van der Waals surface area contributed by atoms with Crippen molar-refractivity contribution in [2.24, 2.45) is 0 Å². The van der Waals surface area contributed by atoms with Gasteiger partial charge < -0.3 is 4.98 Å². The number of rotatable bonds is 4. The molecule has 0 amide bonds. The van der Waals surface area contributed by atoms with E-state index in [2.05, 4.69) is 11.9 Å². The van der Waals surface area contributed by atoms with Crippen LogP contribution >= 0.6 is 0 Å². The summed E-state index contributed by atoms with van der Waals surface area (Å²) in [5, 5.41) is 0. The third-order valence-electron chi connectivity index (χ3n) is 2.46. The average Bonchev–Trinajstić information content (AvgIpc) is 2.44. The van der Waals surface area contributed by atoms with Crippen LogP contribution < -0.4 is 0 Å². The molecule has 0 aliphatic rings. The third-order valence-corrected chi connectivity index (χ3v) is 2.46. The van der Waals surface area contributed by atoms with Crippen LogP contribution in [0.15, 0.2) is 6.20 Å². The number of Topliss-reactive ketones (excluding diaryl/α,β-unsaturated/α-hetero) is 1. The number of aromatic amines is 1. The maximum Gasteiger partial charge on any atom is 0.164 e. The van der Waals surface area contributed by atoms with Crippen LogP contribution in [0.3, 0.4) is 0 Å². The van der Waals surface area contributed by atoms with Crippen molar-refractivity contribution in [3.05, 3.63) is 23.0 Å². The van der Waals surface area contributed by atoms with Crippen LogP contribution in [0.1, 0.15) is 47.8 Å².